The Kier molecular flexibility index (Phi) is 11.7. The Labute approximate surface area is 280 Å². The molecule has 48 heavy (non-hydrogen) atoms. The molecule has 0 aliphatic carbocycles. The summed E-state index contributed by atoms with van der Waals surface area (Å²) in [5.74, 6) is -1.69. The predicted octanol–water partition coefficient (Wildman–Crippen LogP) is 3.59. The summed E-state index contributed by atoms with van der Waals surface area (Å²) in [7, 11) is 0. The summed E-state index contributed by atoms with van der Waals surface area (Å²) in [5, 5.41) is 8.44. The van der Waals surface area contributed by atoms with E-state index in [0.29, 0.717) is 31.9 Å². The van der Waals surface area contributed by atoms with Gasteiger partial charge in [0, 0.05) is 25.3 Å². The van der Waals surface area contributed by atoms with E-state index >= 15 is 0 Å². The third-order valence-electron chi connectivity index (χ3n) is 9.10. The zero-order chi connectivity index (χ0) is 34.0. The zero-order valence-corrected chi connectivity index (χ0v) is 27.3. The highest BCUT2D eigenvalue weighted by Crippen LogP contribution is 2.23. The van der Waals surface area contributed by atoms with Gasteiger partial charge in [0.05, 0.1) is 19.4 Å². The van der Waals surface area contributed by atoms with Gasteiger partial charge in [-0.2, -0.15) is 0 Å². The van der Waals surface area contributed by atoms with E-state index in [4.69, 9.17) is 10.5 Å². The second-order valence-electron chi connectivity index (χ2n) is 12.7. The molecule has 2 aliphatic heterocycles. The standard InChI is InChI=1S/C37H44FN5O5/c1-24-9-13-30-18-28(24)22-40-36(46)32(14-10-25-6-3-2-4-7-25)42-37(47)33(41-34(44)19-27-11-12-29(39)20-31(27)38)21-35(45)43-16-5-8-26(23-43)15-17-48-30/h2-4,6-7,9,11-13,18,20,26,32-33H,5,8,10,14-17,19,21-23,39H2,1H3,(H,40,46)(H,41,44)(H,42,47)/t26?,32-,33-/m0/s1. The second kappa shape index (κ2) is 16.3. The number of hydrogen-bond acceptors (Lipinski definition) is 6. The van der Waals surface area contributed by atoms with Crippen LogP contribution in [0.5, 0.6) is 5.75 Å². The Morgan fingerprint density at radius 2 is 1.85 bits per heavy atom. The van der Waals surface area contributed by atoms with Gasteiger partial charge < -0.3 is 31.3 Å². The van der Waals surface area contributed by atoms with E-state index in [-0.39, 0.29) is 48.9 Å². The molecule has 254 valence electrons. The third-order valence-corrected chi connectivity index (χ3v) is 9.10. The first-order chi connectivity index (χ1) is 23.1. The average Bonchev–Trinajstić information content (AvgIpc) is 3.07. The van der Waals surface area contributed by atoms with Crippen LogP contribution in [0, 0.1) is 18.7 Å². The molecule has 5 rings (SSSR count). The molecule has 1 unspecified atom stereocenters. The monoisotopic (exact) mass is 657 g/mol. The van der Waals surface area contributed by atoms with Crippen molar-refractivity contribution in [2.45, 2.75) is 70.5 Å². The van der Waals surface area contributed by atoms with Crippen LogP contribution in [-0.2, 0) is 38.6 Å². The summed E-state index contributed by atoms with van der Waals surface area (Å²) in [4.78, 5) is 56.1. The molecule has 2 aliphatic rings. The first-order valence-corrected chi connectivity index (χ1v) is 16.6. The van der Waals surface area contributed by atoms with Gasteiger partial charge in [0.2, 0.25) is 23.6 Å². The van der Waals surface area contributed by atoms with Gasteiger partial charge in [-0.05, 0) is 91.5 Å². The predicted molar refractivity (Wildman–Crippen MR) is 180 cm³/mol. The van der Waals surface area contributed by atoms with E-state index in [1.807, 2.05) is 55.5 Å². The number of nitrogens with one attached hydrogen (secondary N) is 3. The van der Waals surface area contributed by atoms with Crippen LogP contribution >= 0.6 is 0 Å². The van der Waals surface area contributed by atoms with Crippen LogP contribution in [-0.4, -0.2) is 60.3 Å². The van der Waals surface area contributed by atoms with E-state index in [0.717, 1.165) is 42.0 Å². The molecular formula is C37H44FN5O5. The lowest BCUT2D eigenvalue weighted by Crippen LogP contribution is -2.55. The molecule has 0 radical (unpaired) electrons. The molecule has 3 atom stereocenters. The third kappa shape index (κ3) is 9.56. The fraction of sp³-hybridized carbons (Fsp3) is 0.405. The van der Waals surface area contributed by atoms with Gasteiger partial charge in [-0.3, -0.25) is 19.2 Å². The number of ether oxygens (including phenoxy) is 1. The number of carbonyl (C=O) groups is 4. The Hall–Kier alpha value is -4.93. The number of hydrogen-bond donors (Lipinski definition) is 4. The highest BCUT2D eigenvalue weighted by Gasteiger charge is 2.32. The Balaban J connectivity index is 1.40. The minimum atomic E-state index is -1.28. The molecule has 0 spiro atoms. The van der Waals surface area contributed by atoms with Crippen molar-refractivity contribution in [3.63, 3.8) is 0 Å². The van der Waals surface area contributed by atoms with E-state index in [1.54, 1.807) is 4.90 Å². The maximum atomic E-state index is 14.5. The van der Waals surface area contributed by atoms with Gasteiger partial charge in [0.15, 0.2) is 0 Å². The van der Waals surface area contributed by atoms with Gasteiger partial charge >= 0.3 is 0 Å². The molecule has 2 heterocycles. The number of aryl methyl sites for hydroxylation is 2. The largest absolute Gasteiger partial charge is 0.494 e. The molecule has 4 amide bonds. The maximum absolute atomic E-state index is 14.5. The molecule has 4 bridgehead atoms. The quantitative estimate of drug-likeness (QED) is 0.299. The van der Waals surface area contributed by atoms with Crippen molar-refractivity contribution in [2.75, 3.05) is 25.4 Å². The summed E-state index contributed by atoms with van der Waals surface area (Å²) in [6.45, 7) is 3.72. The molecule has 10 nitrogen and oxygen atoms in total. The molecule has 5 N–H and O–H groups in total. The van der Waals surface area contributed by atoms with Crippen LogP contribution in [0.15, 0.2) is 66.7 Å². The lowest BCUT2D eigenvalue weighted by Gasteiger charge is -2.34. The molecule has 3 aromatic rings. The Bertz CT molecular complexity index is 1620. The first-order valence-electron chi connectivity index (χ1n) is 16.6. The molecule has 11 heteroatoms. The number of amides is 4. The lowest BCUT2D eigenvalue weighted by atomic mass is 9.94. The van der Waals surface area contributed by atoms with Crippen molar-refractivity contribution in [3.05, 3.63) is 94.8 Å². The number of nitrogens with two attached hydrogens (primary N) is 1. The van der Waals surface area contributed by atoms with Crippen molar-refractivity contribution in [3.8, 4) is 5.75 Å². The SMILES string of the molecule is Cc1ccc2cc1CNC(=O)[C@H](CCc1ccccc1)NC(=O)[C@@H](NC(=O)Cc1ccc(N)cc1F)CC(=O)N1CCCC(CCO2)C1. The smallest absolute Gasteiger partial charge is 0.243 e. The second-order valence-corrected chi connectivity index (χ2v) is 12.7. The molecule has 1 saturated heterocycles. The van der Waals surface area contributed by atoms with Crippen molar-refractivity contribution in [2.24, 2.45) is 5.92 Å². The summed E-state index contributed by atoms with van der Waals surface area (Å²) in [6.07, 6.45) is 2.64. The normalized spacial score (nSPS) is 20.8. The highest BCUT2D eigenvalue weighted by atomic mass is 19.1. The van der Waals surface area contributed by atoms with Crippen molar-refractivity contribution in [1.82, 2.24) is 20.9 Å². The van der Waals surface area contributed by atoms with E-state index < -0.39 is 35.6 Å². The summed E-state index contributed by atoms with van der Waals surface area (Å²) >= 11 is 0. The van der Waals surface area contributed by atoms with Crippen LogP contribution in [0.25, 0.3) is 0 Å². The van der Waals surface area contributed by atoms with Gasteiger partial charge in [-0.15, -0.1) is 0 Å². The van der Waals surface area contributed by atoms with Crippen molar-refractivity contribution in [1.29, 1.82) is 0 Å². The Morgan fingerprint density at radius 3 is 2.65 bits per heavy atom. The zero-order valence-electron chi connectivity index (χ0n) is 27.3. The maximum Gasteiger partial charge on any atom is 0.243 e. The number of halogens is 1. The van der Waals surface area contributed by atoms with E-state index in [1.165, 1.54) is 12.1 Å². The number of benzene rings is 3. The van der Waals surface area contributed by atoms with Gasteiger partial charge in [0.25, 0.3) is 0 Å². The van der Waals surface area contributed by atoms with Gasteiger partial charge in [-0.1, -0.05) is 42.5 Å². The van der Waals surface area contributed by atoms with Crippen molar-refractivity contribution < 1.29 is 28.3 Å². The molecular weight excluding hydrogens is 613 g/mol. The van der Waals surface area contributed by atoms with E-state index in [9.17, 15) is 23.6 Å². The number of nitrogens with zero attached hydrogens (tertiary/aromatic N) is 1. The number of carbonyl (C=O) groups excluding carboxylic acids is 4. The topological polar surface area (TPSA) is 143 Å². The Morgan fingerprint density at radius 1 is 1.04 bits per heavy atom. The number of piperidine rings is 1. The van der Waals surface area contributed by atoms with Crippen LogP contribution in [0.1, 0.15) is 54.4 Å². The number of anilines is 1. The van der Waals surface area contributed by atoms with Crippen LogP contribution < -0.4 is 26.4 Å². The van der Waals surface area contributed by atoms with E-state index in [2.05, 4.69) is 16.0 Å². The summed E-state index contributed by atoms with van der Waals surface area (Å²) < 4.78 is 20.6. The first kappa shape index (κ1) is 34.4. The van der Waals surface area contributed by atoms with Crippen molar-refractivity contribution >= 4 is 29.3 Å². The number of nitrogen functional groups attached to an aromatic ring is 1. The lowest BCUT2D eigenvalue weighted by molar-refractivity contribution is -0.138. The molecule has 0 saturated carbocycles. The van der Waals surface area contributed by atoms with Crippen LogP contribution in [0.4, 0.5) is 10.1 Å². The molecule has 0 aromatic heterocycles. The molecule has 1 fully saturated rings. The summed E-state index contributed by atoms with van der Waals surface area (Å²) in [5.41, 5.74) is 8.86. The fourth-order valence-electron chi connectivity index (χ4n) is 6.24. The molecule has 3 aromatic carbocycles. The van der Waals surface area contributed by atoms with Crippen LogP contribution in [0.3, 0.4) is 0 Å². The summed E-state index contributed by atoms with van der Waals surface area (Å²) in [6, 6.07) is 17.2. The minimum absolute atomic E-state index is 0.106. The number of fused-ring (bicyclic) bond motifs is 4. The van der Waals surface area contributed by atoms with Gasteiger partial charge in [0.1, 0.15) is 23.7 Å². The van der Waals surface area contributed by atoms with Gasteiger partial charge in [-0.25, -0.2) is 4.39 Å². The number of rotatable bonds is 6. The average molecular weight is 658 g/mol. The fourth-order valence-corrected chi connectivity index (χ4v) is 6.24. The minimum Gasteiger partial charge on any atom is -0.494 e. The highest BCUT2D eigenvalue weighted by molar-refractivity contribution is 5.95. The van der Waals surface area contributed by atoms with Crippen LogP contribution in [0.2, 0.25) is 0 Å².